The number of rotatable bonds is 6. The Morgan fingerprint density at radius 2 is 1.56 bits per heavy atom. The van der Waals surface area contributed by atoms with Crippen LogP contribution in [0.1, 0.15) is 27.7 Å². The largest absolute Gasteiger partial charge is 0.335 e. The second kappa shape index (κ2) is 5.30. The van der Waals surface area contributed by atoms with Crippen LogP contribution in [-0.2, 0) is 4.79 Å². The summed E-state index contributed by atoms with van der Waals surface area (Å²) in [6, 6.07) is 0. The second-order valence-corrected chi connectivity index (χ2v) is 5.13. The van der Waals surface area contributed by atoms with E-state index < -0.39 is 11.0 Å². The maximum atomic E-state index is 12.3. The molecule has 2 N–H and O–H groups in total. The first-order valence-electron chi connectivity index (χ1n) is 5.48. The first-order chi connectivity index (χ1) is 7.18. The van der Waals surface area contributed by atoms with Crippen molar-refractivity contribution in [1.82, 2.24) is 4.90 Å². The van der Waals surface area contributed by atoms with E-state index in [9.17, 15) is 4.79 Å². The van der Waals surface area contributed by atoms with Crippen LogP contribution in [0.5, 0.6) is 0 Å². The molecule has 92 valence electrons. The molecule has 0 aliphatic heterocycles. The third-order valence-corrected chi connectivity index (χ3v) is 3.13. The Hall–Kier alpha value is -1.09. The Kier molecular flexibility index (Phi) is 4.94. The van der Waals surface area contributed by atoms with Gasteiger partial charge in [0.05, 0.1) is 5.41 Å². The smallest absolute Gasteiger partial charge is 0.230 e. The number of carbonyl (C=O) groups excluding carboxylic acids is 1. The zero-order valence-corrected chi connectivity index (χ0v) is 10.9. The zero-order chi connectivity index (χ0) is 13.0. The Morgan fingerprint density at radius 3 is 1.81 bits per heavy atom. The van der Waals surface area contributed by atoms with Gasteiger partial charge < -0.3 is 10.6 Å². The lowest BCUT2D eigenvalue weighted by Crippen LogP contribution is -2.56. The molecule has 0 heterocycles. The highest BCUT2D eigenvalue weighted by Gasteiger charge is 2.42. The number of hydrogen-bond donors (Lipinski definition) is 1. The summed E-state index contributed by atoms with van der Waals surface area (Å²) in [6.45, 7) is 15.8. The van der Waals surface area contributed by atoms with Gasteiger partial charge >= 0.3 is 0 Å². The van der Waals surface area contributed by atoms with Gasteiger partial charge in [-0.2, -0.15) is 0 Å². The molecule has 0 aliphatic carbocycles. The second-order valence-electron chi connectivity index (χ2n) is 5.13. The van der Waals surface area contributed by atoms with Gasteiger partial charge in [-0.15, -0.1) is 13.2 Å². The fraction of sp³-hybridized carbons (Fsp3) is 0.615. The van der Waals surface area contributed by atoms with Gasteiger partial charge in [-0.25, -0.2) is 0 Å². The predicted octanol–water partition coefficient (Wildman–Crippen LogP) is 1.95. The maximum Gasteiger partial charge on any atom is 0.230 e. The minimum Gasteiger partial charge on any atom is -0.335 e. The van der Waals surface area contributed by atoms with Crippen molar-refractivity contribution in [3.63, 3.8) is 0 Å². The lowest BCUT2D eigenvalue weighted by Gasteiger charge is -2.40. The molecule has 3 heteroatoms. The van der Waals surface area contributed by atoms with E-state index in [1.165, 1.54) is 0 Å². The van der Waals surface area contributed by atoms with Crippen molar-refractivity contribution in [1.29, 1.82) is 0 Å². The molecule has 0 aliphatic rings. The molecule has 0 radical (unpaired) electrons. The van der Waals surface area contributed by atoms with Crippen molar-refractivity contribution in [3.8, 4) is 0 Å². The average Bonchev–Trinajstić information content (AvgIpc) is 2.14. The van der Waals surface area contributed by atoms with Gasteiger partial charge in [-0.1, -0.05) is 12.2 Å². The van der Waals surface area contributed by atoms with E-state index in [0.29, 0.717) is 13.1 Å². The van der Waals surface area contributed by atoms with E-state index in [4.69, 9.17) is 5.73 Å². The minimum atomic E-state index is -0.612. The Morgan fingerprint density at radius 1 is 1.19 bits per heavy atom. The molecule has 0 fully saturated rings. The minimum absolute atomic E-state index is 0.0276. The fourth-order valence-electron chi connectivity index (χ4n) is 1.22. The lowest BCUT2D eigenvalue weighted by molar-refractivity contribution is -0.142. The number of nitrogens with zero attached hydrogens (tertiary/aromatic N) is 1. The standard InChI is InChI=1S/C13H24N2O/c1-7-9-15(10-8-2)11(16)12(3,4)13(5,6)14/h7-8H,1-2,9-10,14H2,3-6H3. The zero-order valence-electron chi connectivity index (χ0n) is 10.9. The van der Waals surface area contributed by atoms with Crippen LogP contribution in [0.25, 0.3) is 0 Å². The lowest BCUT2D eigenvalue weighted by atomic mass is 9.74. The molecule has 1 amide bonds. The summed E-state index contributed by atoms with van der Waals surface area (Å²) in [7, 11) is 0. The van der Waals surface area contributed by atoms with Crippen molar-refractivity contribution in [2.75, 3.05) is 13.1 Å². The van der Waals surface area contributed by atoms with Gasteiger partial charge in [0.25, 0.3) is 0 Å². The summed E-state index contributed by atoms with van der Waals surface area (Å²) in [6.07, 6.45) is 3.42. The molecule has 0 unspecified atom stereocenters. The molecule has 0 aromatic heterocycles. The molecule has 0 aromatic carbocycles. The molecule has 16 heavy (non-hydrogen) atoms. The maximum absolute atomic E-state index is 12.3. The fourth-order valence-corrected chi connectivity index (χ4v) is 1.22. The summed E-state index contributed by atoms with van der Waals surface area (Å²) < 4.78 is 0. The normalized spacial score (nSPS) is 12.1. The Bertz CT molecular complexity index is 264. The van der Waals surface area contributed by atoms with Crippen LogP contribution in [0.15, 0.2) is 25.3 Å². The van der Waals surface area contributed by atoms with E-state index in [1.54, 1.807) is 17.1 Å². The molecule has 0 rings (SSSR count). The first-order valence-corrected chi connectivity index (χ1v) is 5.48. The molecule has 0 atom stereocenters. The SMILES string of the molecule is C=CCN(CC=C)C(=O)C(C)(C)C(C)(C)N. The summed E-state index contributed by atoms with van der Waals surface area (Å²) in [4.78, 5) is 14.0. The van der Waals surface area contributed by atoms with E-state index in [1.807, 2.05) is 27.7 Å². The molecule has 0 saturated carbocycles. The summed E-state index contributed by atoms with van der Waals surface area (Å²) in [5.74, 6) is 0.0276. The average molecular weight is 224 g/mol. The van der Waals surface area contributed by atoms with Crippen LogP contribution in [0.4, 0.5) is 0 Å². The highest BCUT2D eigenvalue weighted by atomic mass is 16.2. The molecule has 0 saturated heterocycles. The van der Waals surface area contributed by atoms with Crippen LogP contribution in [-0.4, -0.2) is 29.4 Å². The monoisotopic (exact) mass is 224 g/mol. The third kappa shape index (κ3) is 3.20. The summed E-state index contributed by atoms with van der Waals surface area (Å²) >= 11 is 0. The molecule has 0 bridgehead atoms. The van der Waals surface area contributed by atoms with E-state index >= 15 is 0 Å². The van der Waals surface area contributed by atoms with Gasteiger partial charge in [-0.3, -0.25) is 4.79 Å². The highest BCUT2D eigenvalue weighted by Crippen LogP contribution is 2.30. The number of nitrogens with two attached hydrogens (primary N) is 1. The van der Waals surface area contributed by atoms with E-state index in [-0.39, 0.29) is 5.91 Å². The third-order valence-electron chi connectivity index (χ3n) is 3.13. The van der Waals surface area contributed by atoms with Crippen LogP contribution >= 0.6 is 0 Å². The quantitative estimate of drug-likeness (QED) is 0.701. The van der Waals surface area contributed by atoms with Gasteiger partial charge in [0.1, 0.15) is 0 Å². The molecule has 3 nitrogen and oxygen atoms in total. The van der Waals surface area contributed by atoms with Crippen molar-refractivity contribution in [2.24, 2.45) is 11.1 Å². The van der Waals surface area contributed by atoms with Gasteiger partial charge in [0.15, 0.2) is 0 Å². The van der Waals surface area contributed by atoms with Crippen LogP contribution in [0.2, 0.25) is 0 Å². The summed E-state index contributed by atoms with van der Waals surface area (Å²) in [5, 5.41) is 0. The first kappa shape index (κ1) is 14.9. The molecular formula is C13H24N2O. The van der Waals surface area contributed by atoms with E-state index in [0.717, 1.165) is 0 Å². The predicted molar refractivity (Wildman–Crippen MR) is 69.0 cm³/mol. The van der Waals surface area contributed by atoms with Crippen molar-refractivity contribution in [2.45, 2.75) is 33.2 Å². The van der Waals surface area contributed by atoms with Gasteiger partial charge in [0, 0.05) is 18.6 Å². The number of hydrogen-bond acceptors (Lipinski definition) is 2. The van der Waals surface area contributed by atoms with Crippen LogP contribution < -0.4 is 5.73 Å². The van der Waals surface area contributed by atoms with E-state index in [2.05, 4.69) is 13.2 Å². The van der Waals surface area contributed by atoms with Crippen molar-refractivity contribution >= 4 is 5.91 Å². The number of carbonyl (C=O) groups is 1. The van der Waals surface area contributed by atoms with Gasteiger partial charge in [-0.05, 0) is 27.7 Å². The Balaban J connectivity index is 4.98. The van der Waals surface area contributed by atoms with Crippen LogP contribution in [0, 0.1) is 5.41 Å². The van der Waals surface area contributed by atoms with Gasteiger partial charge in [0.2, 0.25) is 5.91 Å². The Labute approximate surface area is 99.0 Å². The molecule has 0 aromatic rings. The number of amides is 1. The molecule has 0 spiro atoms. The topological polar surface area (TPSA) is 46.3 Å². The highest BCUT2D eigenvalue weighted by molar-refractivity contribution is 5.83. The van der Waals surface area contributed by atoms with Crippen molar-refractivity contribution in [3.05, 3.63) is 25.3 Å². The molecular weight excluding hydrogens is 200 g/mol. The summed E-state index contributed by atoms with van der Waals surface area (Å²) in [5.41, 5.74) is 4.87. The van der Waals surface area contributed by atoms with Crippen LogP contribution in [0.3, 0.4) is 0 Å². The van der Waals surface area contributed by atoms with Crippen molar-refractivity contribution < 1.29 is 4.79 Å².